The topological polar surface area (TPSA) is 77.0 Å². The summed E-state index contributed by atoms with van der Waals surface area (Å²) in [6.45, 7) is 5.28. The number of aliphatic imine (C=N–C) groups is 1. The van der Waals surface area contributed by atoms with Crippen LogP contribution in [0.15, 0.2) is 35.3 Å². The SMILES string of the molecule is CCNC(=NCC(C)(O)c1ccccc1)NCC1(C(=O)N(C)C)CCCC1.I. The Morgan fingerprint density at radius 1 is 1.21 bits per heavy atom. The number of benzene rings is 1. The van der Waals surface area contributed by atoms with Crippen molar-refractivity contribution in [3.8, 4) is 0 Å². The predicted molar refractivity (Wildman–Crippen MR) is 125 cm³/mol. The van der Waals surface area contributed by atoms with Crippen LogP contribution in [0.2, 0.25) is 0 Å². The van der Waals surface area contributed by atoms with E-state index in [9.17, 15) is 9.90 Å². The van der Waals surface area contributed by atoms with Gasteiger partial charge < -0.3 is 20.6 Å². The Kier molecular flexibility index (Phi) is 9.69. The van der Waals surface area contributed by atoms with Crippen LogP contribution >= 0.6 is 24.0 Å². The minimum Gasteiger partial charge on any atom is -0.384 e. The number of hydrogen-bond acceptors (Lipinski definition) is 3. The zero-order chi connectivity index (χ0) is 19.9. The van der Waals surface area contributed by atoms with Crippen LogP contribution in [0.4, 0.5) is 0 Å². The molecule has 158 valence electrons. The van der Waals surface area contributed by atoms with E-state index >= 15 is 0 Å². The summed E-state index contributed by atoms with van der Waals surface area (Å²) >= 11 is 0. The highest BCUT2D eigenvalue weighted by Crippen LogP contribution is 2.38. The predicted octanol–water partition coefficient (Wildman–Crippen LogP) is 2.72. The number of halogens is 1. The number of aliphatic hydroxyl groups is 1. The van der Waals surface area contributed by atoms with Crippen molar-refractivity contribution in [2.75, 3.05) is 33.7 Å². The molecular weight excluding hydrogens is 467 g/mol. The van der Waals surface area contributed by atoms with Gasteiger partial charge in [-0.05, 0) is 32.3 Å². The number of hydrogen-bond donors (Lipinski definition) is 3. The Hall–Kier alpha value is -1.35. The molecule has 6 nitrogen and oxygen atoms in total. The molecule has 1 atom stereocenters. The number of nitrogens with zero attached hydrogens (tertiary/aromatic N) is 2. The molecule has 0 aromatic heterocycles. The molecule has 0 saturated heterocycles. The minimum atomic E-state index is -1.05. The van der Waals surface area contributed by atoms with Gasteiger partial charge in [0.2, 0.25) is 5.91 Å². The molecule has 1 aliphatic rings. The van der Waals surface area contributed by atoms with Crippen LogP contribution in [0.5, 0.6) is 0 Å². The molecule has 3 N–H and O–H groups in total. The number of guanidine groups is 1. The lowest BCUT2D eigenvalue weighted by molar-refractivity contribution is -0.138. The quantitative estimate of drug-likeness (QED) is 0.305. The van der Waals surface area contributed by atoms with Crippen LogP contribution in [-0.2, 0) is 10.4 Å². The van der Waals surface area contributed by atoms with E-state index in [0.29, 0.717) is 19.0 Å². The van der Waals surface area contributed by atoms with Gasteiger partial charge in [-0.15, -0.1) is 24.0 Å². The van der Waals surface area contributed by atoms with E-state index in [1.54, 1.807) is 11.8 Å². The monoisotopic (exact) mass is 502 g/mol. The highest BCUT2D eigenvalue weighted by atomic mass is 127. The van der Waals surface area contributed by atoms with Gasteiger partial charge in [-0.25, -0.2) is 4.99 Å². The maximum atomic E-state index is 12.7. The normalized spacial score (nSPS) is 18.0. The molecule has 0 bridgehead atoms. The molecule has 0 radical (unpaired) electrons. The second kappa shape index (κ2) is 11.0. The van der Waals surface area contributed by atoms with Crippen molar-refractivity contribution < 1.29 is 9.90 Å². The molecule has 1 aromatic rings. The Morgan fingerprint density at radius 3 is 2.36 bits per heavy atom. The zero-order valence-corrected chi connectivity index (χ0v) is 19.8. The largest absolute Gasteiger partial charge is 0.384 e. The van der Waals surface area contributed by atoms with Gasteiger partial charge in [0, 0.05) is 27.2 Å². The third-order valence-corrected chi connectivity index (χ3v) is 5.30. The lowest BCUT2D eigenvalue weighted by atomic mass is 9.84. The standard InChI is InChI=1S/C21H34N4O2.HI/c1-5-22-19(23-15-20(2,27)17-11-7-6-8-12-17)24-16-21(13-9-10-14-21)18(26)25(3)4;/h6-8,11-12,27H,5,9-10,13-16H2,1-4H3,(H2,22,23,24);1H. The maximum Gasteiger partial charge on any atom is 0.230 e. The van der Waals surface area contributed by atoms with Gasteiger partial charge in [0.05, 0.1) is 12.0 Å². The summed E-state index contributed by atoms with van der Waals surface area (Å²) in [6, 6.07) is 9.55. The van der Waals surface area contributed by atoms with Crippen LogP contribution in [-0.4, -0.2) is 55.6 Å². The van der Waals surface area contributed by atoms with E-state index in [0.717, 1.165) is 31.2 Å². The average Bonchev–Trinajstić information content (AvgIpc) is 3.14. The second-order valence-electron chi connectivity index (χ2n) is 7.88. The Morgan fingerprint density at radius 2 is 1.82 bits per heavy atom. The van der Waals surface area contributed by atoms with Crippen LogP contribution in [0.1, 0.15) is 45.1 Å². The number of carbonyl (C=O) groups is 1. The summed E-state index contributed by atoms with van der Waals surface area (Å²) in [6.07, 6.45) is 3.96. The fourth-order valence-electron chi connectivity index (χ4n) is 3.71. The molecule has 1 unspecified atom stereocenters. The van der Waals surface area contributed by atoms with Gasteiger partial charge in [0.15, 0.2) is 5.96 Å². The van der Waals surface area contributed by atoms with E-state index in [2.05, 4.69) is 15.6 Å². The van der Waals surface area contributed by atoms with Gasteiger partial charge >= 0.3 is 0 Å². The lowest BCUT2D eigenvalue weighted by Gasteiger charge is -2.31. The fraction of sp³-hybridized carbons (Fsp3) is 0.619. The summed E-state index contributed by atoms with van der Waals surface area (Å²) < 4.78 is 0. The van der Waals surface area contributed by atoms with Crippen molar-refractivity contribution in [1.82, 2.24) is 15.5 Å². The molecule has 1 fully saturated rings. The van der Waals surface area contributed by atoms with Crippen LogP contribution in [0, 0.1) is 5.41 Å². The molecular formula is C21H35IN4O2. The van der Waals surface area contributed by atoms with Crippen LogP contribution < -0.4 is 10.6 Å². The summed E-state index contributed by atoms with van der Waals surface area (Å²) in [5, 5.41) is 17.3. The molecule has 0 heterocycles. The third kappa shape index (κ3) is 6.34. The first-order chi connectivity index (χ1) is 12.8. The number of nitrogens with one attached hydrogen (secondary N) is 2. The van der Waals surface area contributed by atoms with E-state index in [4.69, 9.17) is 0 Å². The van der Waals surface area contributed by atoms with Crippen LogP contribution in [0.3, 0.4) is 0 Å². The minimum absolute atomic E-state index is 0. The van der Waals surface area contributed by atoms with Gasteiger partial charge in [0.25, 0.3) is 0 Å². The fourth-order valence-corrected chi connectivity index (χ4v) is 3.71. The summed E-state index contributed by atoms with van der Waals surface area (Å²) in [7, 11) is 3.64. The van der Waals surface area contributed by atoms with Gasteiger partial charge in [-0.3, -0.25) is 4.79 Å². The average molecular weight is 502 g/mol. The molecule has 28 heavy (non-hydrogen) atoms. The molecule has 0 aliphatic heterocycles. The molecule has 1 saturated carbocycles. The van der Waals surface area contributed by atoms with Crippen molar-refractivity contribution in [3.63, 3.8) is 0 Å². The number of rotatable bonds is 7. The van der Waals surface area contributed by atoms with Crippen molar-refractivity contribution in [2.24, 2.45) is 10.4 Å². The maximum absolute atomic E-state index is 12.7. The smallest absolute Gasteiger partial charge is 0.230 e. The Labute approximate surface area is 186 Å². The molecule has 2 rings (SSSR count). The highest BCUT2D eigenvalue weighted by molar-refractivity contribution is 14.0. The second-order valence-corrected chi connectivity index (χ2v) is 7.88. The first-order valence-corrected chi connectivity index (χ1v) is 9.82. The van der Waals surface area contributed by atoms with E-state index in [1.165, 1.54) is 0 Å². The van der Waals surface area contributed by atoms with Gasteiger partial charge in [-0.1, -0.05) is 43.2 Å². The summed E-state index contributed by atoms with van der Waals surface area (Å²) in [4.78, 5) is 19.0. The third-order valence-electron chi connectivity index (χ3n) is 5.30. The van der Waals surface area contributed by atoms with Gasteiger partial charge in [-0.2, -0.15) is 0 Å². The molecule has 0 spiro atoms. The lowest BCUT2D eigenvalue weighted by Crippen LogP contribution is -2.49. The van der Waals surface area contributed by atoms with E-state index in [1.807, 2.05) is 51.4 Å². The zero-order valence-electron chi connectivity index (χ0n) is 17.5. The molecule has 7 heteroatoms. The molecule has 1 amide bonds. The Bertz CT molecular complexity index is 641. The first kappa shape index (κ1) is 24.7. The number of amides is 1. The molecule has 1 aromatic carbocycles. The summed E-state index contributed by atoms with van der Waals surface area (Å²) in [5.41, 5.74) is -0.574. The number of carbonyl (C=O) groups excluding carboxylic acids is 1. The van der Waals surface area contributed by atoms with E-state index < -0.39 is 5.60 Å². The first-order valence-electron chi connectivity index (χ1n) is 9.82. The van der Waals surface area contributed by atoms with Crippen molar-refractivity contribution >= 4 is 35.8 Å². The van der Waals surface area contributed by atoms with Crippen LogP contribution in [0.25, 0.3) is 0 Å². The summed E-state index contributed by atoms with van der Waals surface area (Å²) in [5.74, 6) is 0.811. The molecule has 1 aliphatic carbocycles. The highest BCUT2D eigenvalue weighted by Gasteiger charge is 2.42. The van der Waals surface area contributed by atoms with E-state index in [-0.39, 0.29) is 41.8 Å². The Balaban J connectivity index is 0.00000392. The van der Waals surface area contributed by atoms with Crippen molar-refractivity contribution in [3.05, 3.63) is 35.9 Å². The van der Waals surface area contributed by atoms with Crippen molar-refractivity contribution in [2.45, 2.75) is 45.1 Å². The van der Waals surface area contributed by atoms with Gasteiger partial charge in [0.1, 0.15) is 5.60 Å². The van der Waals surface area contributed by atoms with Crippen molar-refractivity contribution in [1.29, 1.82) is 0 Å².